The first-order valence-electron chi connectivity index (χ1n) is 14.3. The van der Waals surface area contributed by atoms with E-state index in [0.717, 1.165) is 11.1 Å². The average Bonchev–Trinajstić information content (AvgIpc) is 3.02. The Kier molecular flexibility index (Phi) is 9.34. The van der Waals surface area contributed by atoms with Gasteiger partial charge in [-0.2, -0.15) is 0 Å². The number of nitrogens with zero attached hydrogens (tertiary/aromatic N) is 3. The lowest BCUT2D eigenvalue weighted by Gasteiger charge is -2.34. The van der Waals surface area contributed by atoms with Gasteiger partial charge in [0.15, 0.2) is 5.75 Å². The molecule has 5 rings (SSSR count). The lowest BCUT2D eigenvalue weighted by molar-refractivity contribution is -0.129. The number of carbonyl (C=O) groups excluding carboxylic acids is 3. The van der Waals surface area contributed by atoms with Crippen molar-refractivity contribution in [3.05, 3.63) is 65.1 Å². The number of anilines is 2. The minimum absolute atomic E-state index is 0.149. The van der Waals surface area contributed by atoms with E-state index in [1.807, 2.05) is 17.9 Å². The minimum atomic E-state index is -0.624. The van der Waals surface area contributed by atoms with Crippen LogP contribution in [0.25, 0.3) is 16.7 Å². The van der Waals surface area contributed by atoms with Crippen LogP contribution in [-0.2, 0) is 14.3 Å². The molecule has 0 saturated heterocycles. The molecule has 0 fully saturated rings. The van der Waals surface area contributed by atoms with Crippen LogP contribution in [0.2, 0.25) is 5.02 Å². The molecule has 0 aliphatic carbocycles. The SMILES string of the molecule is COC(=O)Nc1ccc2c(c1)NC(=O)C(C)CCCC(N1CCC(c3nccc(Cl)c3OC)=CC1=O)c1cc-2cc(OC)n1. The Morgan fingerprint density at radius 3 is 2.64 bits per heavy atom. The fourth-order valence-electron chi connectivity index (χ4n) is 5.57. The van der Waals surface area contributed by atoms with Crippen molar-refractivity contribution in [3.63, 3.8) is 0 Å². The quantitative estimate of drug-likeness (QED) is 0.350. The first kappa shape index (κ1) is 30.8. The van der Waals surface area contributed by atoms with Crippen LogP contribution in [0.15, 0.2) is 48.7 Å². The third-order valence-corrected chi connectivity index (χ3v) is 8.20. The highest BCUT2D eigenvalue weighted by molar-refractivity contribution is 6.32. The second-order valence-corrected chi connectivity index (χ2v) is 11.1. The fraction of sp³-hybridized carbons (Fsp3) is 0.344. The summed E-state index contributed by atoms with van der Waals surface area (Å²) in [7, 11) is 4.34. The van der Waals surface area contributed by atoms with Crippen molar-refractivity contribution in [1.29, 1.82) is 0 Å². The molecule has 2 aliphatic rings. The Balaban J connectivity index is 1.57. The van der Waals surface area contributed by atoms with E-state index in [1.54, 1.807) is 42.6 Å². The summed E-state index contributed by atoms with van der Waals surface area (Å²) >= 11 is 6.32. The molecule has 3 aromatic rings. The molecular formula is C32H34ClN5O6. The summed E-state index contributed by atoms with van der Waals surface area (Å²) < 4.78 is 15.8. The summed E-state index contributed by atoms with van der Waals surface area (Å²) in [6.07, 6.45) is 4.97. The van der Waals surface area contributed by atoms with Crippen LogP contribution < -0.4 is 20.1 Å². The summed E-state index contributed by atoms with van der Waals surface area (Å²) in [5.74, 6) is 0.177. The van der Waals surface area contributed by atoms with E-state index < -0.39 is 6.09 Å². The molecule has 0 spiro atoms. The van der Waals surface area contributed by atoms with Gasteiger partial charge in [-0.25, -0.2) is 9.78 Å². The van der Waals surface area contributed by atoms with E-state index in [-0.39, 0.29) is 23.8 Å². The summed E-state index contributed by atoms with van der Waals surface area (Å²) in [4.78, 5) is 49.9. The molecule has 3 amide bonds. The summed E-state index contributed by atoms with van der Waals surface area (Å²) in [5.41, 5.74) is 4.37. The molecule has 1 aromatic carbocycles. The van der Waals surface area contributed by atoms with Gasteiger partial charge >= 0.3 is 6.09 Å². The second kappa shape index (κ2) is 13.3. The zero-order valence-corrected chi connectivity index (χ0v) is 25.7. The number of ether oxygens (including phenoxy) is 3. The summed E-state index contributed by atoms with van der Waals surface area (Å²) in [5, 5.41) is 6.10. The average molecular weight is 620 g/mol. The summed E-state index contributed by atoms with van der Waals surface area (Å²) in [6, 6.07) is 10.2. The van der Waals surface area contributed by atoms with Gasteiger partial charge in [-0.1, -0.05) is 31.0 Å². The predicted molar refractivity (Wildman–Crippen MR) is 167 cm³/mol. The van der Waals surface area contributed by atoms with Gasteiger partial charge in [-0.05, 0) is 54.7 Å². The van der Waals surface area contributed by atoms with Crippen molar-refractivity contribution < 1.29 is 28.6 Å². The van der Waals surface area contributed by atoms with Crippen molar-refractivity contribution in [3.8, 4) is 22.8 Å². The van der Waals surface area contributed by atoms with Crippen LogP contribution in [0.5, 0.6) is 11.6 Å². The summed E-state index contributed by atoms with van der Waals surface area (Å²) in [6.45, 7) is 2.30. The normalized spacial score (nSPS) is 18.6. The van der Waals surface area contributed by atoms with Crippen molar-refractivity contribution in [1.82, 2.24) is 14.9 Å². The molecule has 0 saturated carbocycles. The number of methoxy groups -OCH3 is 3. The van der Waals surface area contributed by atoms with Crippen LogP contribution in [0, 0.1) is 5.92 Å². The number of carbonyl (C=O) groups is 3. The van der Waals surface area contributed by atoms with Crippen LogP contribution in [0.1, 0.15) is 50.0 Å². The largest absolute Gasteiger partial charge is 0.493 e. The molecule has 12 heteroatoms. The van der Waals surface area contributed by atoms with Gasteiger partial charge < -0.3 is 24.4 Å². The molecule has 0 radical (unpaired) electrons. The number of hydrogen-bond donors (Lipinski definition) is 2. The monoisotopic (exact) mass is 619 g/mol. The number of pyridine rings is 2. The van der Waals surface area contributed by atoms with Gasteiger partial charge in [0.25, 0.3) is 0 Å². The predicted octanol–water partition coefficient (Wildman–Crippen LogP) is 6.11. The number of aromatic nitrogens is 2. The molecule has 2 bridgehead atoms. The number of amides is 3. The van der Waals surface area contributed by atoms with Crippen molar-refractivity contribution in [2.75, 3.05) is 38.5 Å². The Morgan fingerprint density at radius 1 is 1.09 bits per heavy atom. The molecule has 44 heavy (non-hydrogen) atoms. The van der Waals surface area contributed by atoms with E-state index in [2.05, 4.69) is 15.6 Å². The first-order chi connectivity index (χ1) is 21.2. The highest BCUT2D eigenvalue weighted by Gasteiger charge is 2.31. The molecule has 2 atom stereocenters. The van der Waals surface area contributed by atoms with Gasteiger partial charge in [0.2, 0.25) is 17.7 Å². The lowest BCUT2D eigenvalue weighted by atomic mass is 9.93. The topological polar surface area (TPSA) is 132 Å². The van der Waals surface area contributed by atoms with Crippen molar-refractivity contribution in [2.45, 2.75) is 38.6 Å². The number of halogens is 1. The third-order valence-electron chi connectivity index (χ3n) is 7.90. The molecule has 2 unspecified atom stereocenters. The van der Waals surface area contributed by atoms with Gasteiger partial charge in [0.05, 0.1) is 43.8 Å². The Bertz CT molecular complexity index is 1630. The molecule has 2 N–H and O–H groups in total. The van der Waals surface area contributed by atoms with Crippen LogP contribution in [-0.4, -0.2) is 60.6 Å². The number of hydrogen-bond acceptors (Lipinski definition) is 8. The lowest BCUT2D eigenvalue weighted by Crippen LogP contribution is -2.38. The zero-order chi connectivity index (χ0) is 31.4. The van der Waals surface area contributed by atoms with E-state index in [4.69, 9.17) is 30.8 Å². The molecule has 4 heterocycles. The second-order valence-electron chi connectivity index (χ2n) is 10.7. The highest BCUT2D eigenvalue weighted by atomic mass is 35.5. The molecule has 2 aromatic heterocycles. The van der Waals surface area contributed by atoms with Crippen molar-refractivity contribution in [2.24, 2.45) is 5.92 Å². The zero-order valence-electron chi connectivity index (χ0n) is 25.0. The minimum Gasteiger partial charge on any atom is -0.493 e. The van der Waals surface area contributed by atoms with Gasteiger partial charge in [0, 0.05) is 42.1 Å². The maximum Gasteiger partial charge on any atom is 0.411 e. The number of rotatable bonds is 5. The molecule has 2 aliphatic heterocycles. The van der Waals surface area contributed by atoms with Gasteiger partial charge in [0.1, 0.15) is 5.69 Å². The Labute approximate surface area is 260 Å². The van der Waals surface area contributed by atoms with Crippen LogP contribution in [0.3, 0.4) is 0 Å². The van der Waals surface area contributed by atoms with Crippen LogP contribution in [0.4, 0.5) is 16.2 Å². The maximum absolute atomic E-state index is 13.7. The van der Waals surface area contributed by atoms with E-state index in [9.17, 15) is 14.4 Å². The fourth-order valence-corrected chi connectivity index (χ4v) is 5.79. The standard InChI is InChI=1S/C32H34ClN5O6/c1-18-6-5-7-26(38-13-11-19(16-28(38)39)29-30(43-3)23(33)10-12-34-29)25-14-20(15-27(36-25)42-2)22-9-8-21(35-32(41)44-4)17-24(22)37-31(18)40/h8-10,12,14-18,26H,5-7,11,13H2,1-4H3,(H,35,41)(H,37,40). The highest BCUT2D eigenvalue weighted by Crippen LogP contribution is 2.39. The number of benzene rings is 1. The molecule has 230 valence electrons. The van der Waals surface area contributed by atoms with E-state index >= 15 is 0 Å². The smallest absolute Gasteiger partial charge is 0.411 e. The van der Waals surface area contributed by atoms with Crippen LogP contribution >= 0.6 is 11.6 Å². The van der Waals surface area contributed by atoms with E-state index in [1.165, 1.54) is 21.3 Å². The third kappa shape index (κ3) is 6.47. The Morgan fingerprint density at radius 2 is 1.91 bits per heavy atom. The molecular weight excluding hydrogens is 586 g/mol. The van der Waals surface area contributed by atoms with Gasteiger partial charge in [-0.3, -0.25) is 19.9 Å². The molecule has 11 nitrogen and oxygen atoms in total. The number of nitrogens with one attached hydrogen (secondary N) is 2. The number of fused-ring (bicyclic) bond motifs is 4. The van der Waals surface area contributed by atoms with E-state index in [0.29, 0.717) is 77.2 Å². The Hall–Kier alpha value is -4.64. The van der Waals surface area contributed by atoms with Crippen molar-refractivity contribution >= 4 is 46.5 Å². The first-order valence-corrected chi connectivity index (χ1v) is 14.7. The van der Waals surface area contributed by atoms with Gasteiger partial charge in [-0.15, -0.1) is 0 Å². The maximum atomic E-state index is 13.7.